The van der Waals surface area contributed by atoms with Gasteiger partial charge in [-0.1, -0.05) is 42.5 Å². The van der Waals surface area contributed by atoms with Gasteiger partial charge in [-0.3, -0.25) is 0 Å². The molecule has 0 saturated heterocycles. The second-order valence-corrected chi connectivity index (χ2v) is 3.93. The maximum atomic E-state index is 12.0. The average Bonchev–Trinajstić information content (AvgIpc) is 2.04. The Hall–Kier alpha value is -1.16. The quantitative estimate of drug-likeness (QED) is 0.699. The lowest BCUT2D eigenvalue weighted by Gasteiger charge is -1.89. The summed E-state index contributed by atoms with van der Waals surface area (Å²) in [6.45, 7) is 0. The van der Waals surface area contributed by atoms with Crippen LogP contribution in [0.1, 0.15) is 5.56 Å². The first-order valence-corrected chi connectivity index (χ1v) is 5.27. The first kappa shape index (κ1) is 9.92. The van der Waals surface area contributed by atoms with E-state index in [4.69, 9.17) is 0 Å². The van der Waals surface area contributed by atoms with Crippen molar-refractivity contribution in [3.8, 4) is 0 Å². The highest BCUT2D eigenvalue weighted by molar-refractivity contribution is 7.86. The van der Waals surface area contributed by atoms with E-state index in [2.05, 4.69) is 0 Å². The van der Waals surface area contributed by atoms with Crippen molar-refractivity contribution in [2.24, 2.45) is 0 Å². The highest BCUT2D eigenvalue weighted by atomic mass is 32.3. The molecule has 70 valence electrons. The third kappa shape index (κ3) is 4.42. The SMILES string of the molecule is O=S(=O)(F)C/C=C/c1ccccc1. The normalized spacial score (nSPS) is 12.1. The fraction of sp³-hybridized carbons (Fsp3) is 0.111. The van der Waals surface area contributed by atoms with Crippen LogP contribution in [0.15, 0.2) is 36.4 Å². The van der Waals surface area contributed by atoms with Gasteiger partial charge in [0.2, 0.25) is 0 Å². The van der Waals surface area contributed by atoms with E-state index in [0.29, 0.717) is 0 Å². The summed E-state index contributed by atoms with van der Waals surface area (Å²) in [4.78, 5) is 0. The summed E-state index contributed by atoms with van der Waals surface area (Å²) < 4.78 is 32.2. The third-order valence-corrected chi connectivity index (χ3v) is 2.00. The van der Waals surface area contributed by atoms with Crippen LogP contribution in [0.3, 0.4) is 0 Å². The van der Waals surface area contributed by atoms with E-state index in [-0.39, 0.29) is 0 Å². The van der Waals surface area contributed by atoms with Crippen LogP contribution in [0.25, 0.3) is 6.08 Å². The second kappa shape index (κ2) is 4.18. The molecule has 0 aliphatic rings. The first-order valence-electron chi connectivity index (χ1n) is 3.72. The summed E-state index contributed by atoms with van der Waals surface area (Å²) in [5.41, 5.74) is 0.853. The maximum absolute atomic E-state index is 12.0. The summed E-state index contributed by atoms with van der Waals surface area (Å²) in [5.74, 6) is -0.568. The highest BCUT2D eigenvalue weighted by Crippen LogP contribution is 2.01. The number of benzene rings is 1. The van der Waals surface area contributed by atoms with Crippen LogP contribution in [-0.2, 0) is 10.2 Å². The molecule has 1 aromatic carbocycles. The Morgan fingerprint density at radius 3 is 2.38 bits per heavy atom. The zero-order chi connectivity index (χ0) is 9.73. The molecule has 0 aromatic heterocycles. The maximum Gasteiger partial charge on any atom is 0.305 e. The van der Waals surface area contributed by atoms with Crippen molar-refractivity contribution in [3.05, 3.63) is 42.0 Å². The lowest BCUT2D eigenvalue weighted by Crippen LogP contribution is -1.93. The minimum atomic E-state index is -4.38. The molecule has 0 N–H and O–H groups in total. The van der Waals surface area contributed by atoms with Crippen LogP contribution < -0.4 is 0 Å². The van der Waals surface area contributed by atoms with E-state index in [1.54, 1.807) is 18.2 Å². The van der Waals surface area contributed by atoms with Crippen molar-refractivity contribution >= 4 is 16.3 Å². The number of rotatable bonds is 3. The van der Waals surface area contributed by atoms with Crippen molar-refractivity contribution in [2.75, 3.05) is 5.75 Å². The molecule has 0 heterocycles. The topological polar surface area (TPSA) is 34.1 Å². The molecule has 0 unspecified atom stereocenters. The smallest absolute Gasteiger partial charge is 0.195 e. The van der Waals surface area contributed by atoms with Crippen molar-refractivity contribution in [2.45, 2.75) is 0 Å². The zero-order valence-electron chi connectivity index (χ0n) is 6.85. The van der Waals surface area contributed by atoms with Crippen molar-refractivity contribution in [3.63, 3.8) is 0 Å². The van der Waals surface area contributed by atoms with Gasteiger partial charge in [-0.2, -0.15) is 8.42 Å². The monoisotopic (exact) mass is 200 g/mol. The van der Waals surface area contributed by atoms with Gasteiger partial charge in [-0.25, -0.2) is 0 Å². The Bertz CT molecular complexity index is 381. The molecule has 0 amide bonds. The standard InChI is InChI=1S/C9H9FO2S/c10-13(11,12)8-4-7-9-5-2-1-3-6-9/h1-7H,8H2/b7-4+. The van der Waals surface area contributed by atoms with Crippen molar-refractivity contribution in [1.82, 2.24) is 0 Å². The molecule has 13 heavy (non-hydrogen) atoms. The first-order chi connectivity index (χ1) is 6.08. The van der Waals surface area contributed by atoms with Gasteiger partial charge in [0.15, 0.2) is 0 Å². The van der Waals surface area contributed by atoms with Crippen LogP contribution in [0.4, 0.5) is 3.89 Å². The van der Waals surface area contributed by atoms with Gasteiger partial charge >= 0.3 is 10.2 Å². The van der Waals surface area contributed by atoms with E-state index in [0.717, 1.165) is 5.56 Å². The average molecular weight is 200 g/mol. The largest absolute Gasteiger partial charge is 0.305 e. The van der Waals surface area contributed by atoms with Crippen LogP contribution >= 0.6 is 0 Å². The minimum Gasteiger partial charge on any atom is -0.195 e. The van der Waals surface area contributed by atoms with E-state index < -0.39 is 16.0 Å². The van der Waals surface area contributed by atoms with Crippen LogP contribution in [-0.4, -0.2) is 14.2 Å². The molecule has 1 aromatic rings. The fourth-order valence-electron chi connectivity index (χ4n) is 0.863. The third-order valence-electron chi connectivity index (χ3n) is 1.41. The molecule has 0 atom stereocenters. The van der Waals surface area contributed by atoms with E-state index in [9.17, 15) is 12.3 Å². The van der Waals surface area contributed by atoms with Crippen molar-refractivity contribution in [1.29, 1.82) is 0 Å². The number of hydrogen-bond donors (Lipinski definition) is 0. The summed E-state index contributed by atoms with van der Waals surface area (Å²) >= 11 is 0. The van der Waals surface area contributed by atoms with Crippen LogP contribution in [0.5, 0.6) is 0 Å². The highest BCUT2D eigenvalue weighted by Gasteiger charge is 2.01. The summed E-state index contributed by atoms with van der Waals surface area (Å²) in [5, 5.41) is 0. The Labute approximate surface area is 76.9 Å². The van der Waals surface area contributed by atoms with Gasteiger partial charge in [0.05, 0.1) is 5.75 Å². The van der Waals surface area contributed by atoms with E-state index >= 15 is 0 Å². The van der Waals surface area contributed by atoms with E-state index in [1.165, 1.54) is 6.08 Å². The Morgan fingerprint density at radius 2 is 1.85 bits per heavy atom. The summed E-state index contributed by atoms with van der Waals surface area (Å²) in [6.07, 6.45) is 2.85. The molecular weight excluding hydrogens is 191 g/mol. The van der Waals surface area contributed by atoms with Gasteiger partial charge < -0.3 is 0 Å². The van der Waals surface area contributed by atoms with Gasteiger partial charge in [0.1, 0.15) is 0 Å². The molecule has 0 saturated carbocycles. The second-order valence-electron chi connectivity index (χ2n) is 2.52. The summed E-state index contributed by atoms with van der Waals surface area (Å²) in [7, 11) is -4.38. The Balaban J connectivity index is 2.61. The van der Waals surface area contributed by atoms with Gasteiger partial charge in [-0.15, -0.1) is 3.89 Å². The van der Waals surface area contributed by atoms with Crippen LogP contribution in [0, 0.1) is 0 Å². The van der Waals surface area contributed by atoms with E-state index in [1.807, 2.05) is 18.2 Å². The van der Waals surface area contributed by atoms with Crippen LogP contribution in [0.2, 0.25) is 0 Å². The molecule has 0 spiro atoms. The zero-order valence-corrected chi connectivity index (χ0v) is 7.67. The number of hydrogen-bond acceptors (Lipinski definition) is 2. The summed E-state index contributed by atoms with van der Waals surface area (Å²) in [6, 6.07) is 9.11. The predicted octanol–water partition coefficient (Wildman–Crippen LogP) is 2.00. The Kier molecular flexibility index (Phi) is 3.19. The fourth-order valence-corrected chi connectivity index (χ4v) is 1.19. The molecule has 0 aliphatic heterocycles. The minimum absolute atomic E-state index is 0.568. The molecule has 0 bridgehead atoms. The molecule has 0 aliphatic carbocycles. The van der Waals surface area contributed by atoms with Gasteiger partial charge in [0, 0.05) is 0 Å². The lowest BCUT2D eigenvalue weighted by atomic mass is 10.2. The molecule has 2 nitrogen and oxygen atoms in total. The van der Waals surface area contributed by atoms with Gasteiger partial charge in [0.25, 0.3) is 0 Å². The molecule has 1 rings (SSSR count). The Morgan fingerprint density at radius 1 is 1.23 bits per heavy atom. The lowest BCUT2D eigenvalue weighted by molar-refractivity contribution is 0.555. The molecule has 0 fully saturated rings. The molecule has 4 heteroatoms. The predicted molar refractivity (Wildman–Crippen MR) is 50.4 cm³/mol. The number of halogens is 1. The molecule has 0 radical (unpaired) electrons. The molecular formula is C9H9FO2S. The van der Waals surface area contributed by atoms with Crippen molar-refractivity contribution < 1.29 is 12.3 Å². The van der Waals surface area contributed by atoms with Gasteiger partial charge in [-0.05, 0) is 5.56 Å².